The van der Waals surface area contributed by atoms with Gasteiger partial charge in [0.15, 0.2) is 5.75 Å². The van der Waals surface area contributed by atoms with Crippen molar-refractivity contribution in [3.8, 4) is 17.2 Å². The van der Waals surface area contributed by atoms with Crippen LogP contribution in [-0.2, 0) is 7.05 Å². The van der Waals surface area contributed by atoms with Gasteiger partial charge in [-0.2, -0.15) is 0 Å². The number of aromatic hydroxyl groups is 1. The van der Waals surface area contributed by atoms with Crippen LogP contribution < -0.4 is 15.0 Å². The van der Waals surface area contributed by atoms with Gasteiger partial charge in [-0.05, 0) is 25.0 Å². The van der Waals surface area contributed by atoms with Crippen molar-refractivity contribution in [3.05, 3.63) is 28.6 Å². The number of fused-ring (bicyclic) bond motifs is 1. The highest BCUT2D eigenvalue weighted by Gasteiger charge is 2.18. The molecule has 5 nitrogen and oxygen atoms in total. The largest absolute Gasteiger partial charge is 0.508 e. The molecule has 0 saturated carbocycles. The zero-order valence-electron chi connectivity index (χ0n) is 16.9. The maximum Gasteiger partial charge on any atom is 0.297 e. The summed E-state index contributed by atoms with van der Waals surface area (Å²) in [5.41, 5.74) is 0.406. The molecule has 0 aliphatic heterocycles. The molecule has 5 heteroatoms. The quantitative estimate of drug-likeness (QED) is 0.520. The standard InChI is InChI=1S/C22H33NO4/c1-4-6-8-9-10-11-15-27-21-20(26-14-7-5-2)18-13-12-17(24)16-19(18)23(3)22(21)25/h12-13,16,24H,4-11,14-15H2,1-3H3. The number of hydrogen-bond acceptors (Lipinski definition) is 4. The SMILES string of the molecule is CCCCCCCCOc1c(OCCCC)c2ccc(O)cc2n(C)c1=O. The summed E-state index contributed by atoms with van der Waals surface area (Å²) < 4.78 is 13.4. The highest BCUT2D eigenvalue weighted by atomic mass is 16.5. The maximum absolute atomic E-state index is 12.8. The van der Waals surface area contributed by atoms with Crippen LogP contribution in [0, 0.1) is 0 Å². The Kier molecular flexibility index (Phi) is 8.49. The van der Waals surface area contributed by atoms with E-state index in [9.17, 15) is 9.90 Å². The van der Waals surface area contributed by atoms with Gasteiger partial charge in [-0.25, -0.2) is 0 Å². The lowest BCUT2D eigenvalue weighted by atomic mass is 10.1. The van der Waals surface area contributed by atoms with Crippen molar-refractivity contribution in [2.45, 2.75) is 65.2 Å². The van der Waals surface area contributed by atoms with Crippen LogP contribution in [0.2, 0.25) is 0 Å². The van der Waals surface area contributed by atoms with Gasteiger partial charge in [0.25, 0.3) is 5.56 Å². The normalized spacial score (nSPS) is 11.1. The molecule has 2 rings (SSSR count). The van der Waals surface area contributed by atoms with Crippen LogP contribution in [0.25, 0.3) is 10.9 Å². The highest BCUT2D eigenvalue weighted by Crippen LogP contribution is 2.34. The van der Waals surface area contributed by atoms with Crippen LogP contribution in [0.5, 0.6) is 17.2 Å². The van der Waals surface area contributed by atoms with Crippen LogP contribution in [0.1, 0.15) is 65.2 Å². The fourth-order valence-electron chi connectivity index (χ4n) is 3.12. The number of hydrogen-bond donors (Lipinski definition) is 1. The first kappa shape index (κ1) is 21.1. The predicted octanol–water partition coefficient (Wildman–Crippen LogP) is 5.16. The molecule has 0 spiro atoms. The first-order chi connectivity index (χ1) is 13.1. The topological polar surface area (TPSA) is 60.7 Å². The predicted molar refractivity (Wildman–Crippen MR) is 110 cm³/mol. The van der Waals surface area contributed by atoms with Crippen molar-refractivity contribution >= 4 is 10.9 Å². The monoisotopic (exact) mass is 375 g/mol. The number of nitrogens with zero attached hydrogens (tertiary/aromatic N) is 1. The second-order valence-corrected chi connectivity index (χ2v) is 7.04. The van der Waals surface area contributed by atoms with Crippen molar-refractivity contribution in [2.75, 3.05) is 13.2 Å². The van der Waals surface area contributed by atoms with Gasteiger partial charge in [-0.15, -0.1) is 0 Å². The average molecular weight is 376 g/mol. The van der Waals surface area contributed by atoms with Crippen molar-refractivity contribution in [1.82, 2.24) is 4.57 Å². The third-order valence-electron chi connectivity index (χ3n) is 4.78. The maximum atomic E-state index is 12.8. The molecule has 0 aliphatic carbocycles. The van der Waals surface area contributed by atoms with Crippen molar-refractivity contribution < 1.29 is 14.6 Å². The van der Waals surface area contributed by atoms with Gasteiger partial charge in [0.1, 0.15) is 5.75 Å². The Morgan fingerprint density at radius 3 is 2.26 bits per heavy atom. The number of unbranched alkanes of at least 4 members (excludes halogenated alkanes) is 6. The second kappa shape index (κ2) is 10.9. The van der Waals surface area contributed by atoms with E-state index in [-0.39, 0.29) is 17.1 Å². The van der Waals surface area contributed by atoms with E-state index >= 15 is 0 Å². The molecule has 150 valence electrons. The van der Waals surface area contributed by atoms with Crippen LogP contribution in [0.15, 0.2) is 23.0 Å². The van der Waals surface area contributed by atoms with E-state index in [1.165, 1.54) is 30.3 Å². The fourth-order valence-corrected chi connectivity index (χ4v) is 3.12. The zero-order chi connectivity index (χ0) is 19.6. The zero-order valence-corrected chi connectivity index (χ0v) is 16.9. The van der Waals surface area contributed by atoms with Crippen LogP contribution >= 0.6 is 0 Å². The van der Waals surface area contributed by atoms with Crippen molar-refractivity contribution in [2.24, 2.45) is 7.05 Å². The summed E-state index contributed by atoms with van der Waals surface area (Å²) in [4.78, 5) is 12.8. The number of aryl methyl sites for hydroxylation is 1. The average Bonchev–Trinajstić information content (AvgIpc) is 2.66. The molecule has 1 N–H and O–H groups in total. The molecule has 1 aromatic heterocycles. The number of rotatable bonds is 12. The van der Waals surface area contributed by atoms with E-state index < -0.39 is 0 Å². The minimum atomic E-state index is -0.231. The van der Waals surface area contributed by atoms with Crippen LogP contribution in [-0.4, -0.2) is 22.9 Å². The summed E-state index contributed by atoms with van der Waals surface area (Å²) in [6.45, 7) is 5.35. The van der Waals surface area contributed by atoms with Crippen LogP contribution in [0.4, 0.5) is 0 Å². The number of phenols is 1. The number of benzene rings is 1. The lowest BCUT2D eigenvalue weighted by molar-refractivity contribution is 0.258. The molecule has 0 atom stereocenters. The number of pyridine rings is 1. The summed E-state index contributed by atoms with van der Waals surface area (Å²) in [7, 11) is 1.69. The van der Waals surface area contributed by atoms with E-state index in [0.29, 0.717) is 24.5 Å². The van der Waals surface area contributed by atoms with Gasteiger partial charge in [0, 0.05) is 18.5 Å². The van der Waals surface area contributed by atoms with E-state index in [1.807, 2.05) is 0 Å². The Bertz CT molecular complexity index is 782. The Hall–Kier alpha value is -2.17. The molecule has 1 heterocycles. The van der Waals surface area contributed by atoms with E-state index in [4.69, 9.17) is 9.47 Å². The van der Waals surface area contributed by atoms with E-state index in [0.717, 1.165) is 31.1 Å². The number of ether oxygens (including phenoxy) is 2. The lowest BCUT2D eigenvalue weighted by Crippen LogP contribution is -2.21. The van der Waals surface area contributed by atoms with E-state index in [1.54, 1.807) is 25.2 Å². The number of phenolic OH excluding ortho intramolecular Hbond substituents is 1. The Morgan fingerprint density at radius 1 is 0.889 bits per heavy atom. The van der Waals surface area contributed by atoms with Gasteiger partial charge < -0.3 is 19.1 Å². The third kappa shape index (κ3) is 5.65. The van der Waals surface area contributed by atoms with Gasteiger partial charge >= 0.3 is 0 Å². The molecule has 27 heavy (non-hydrogen) atoms. The smallest absolute Gasteiger partial charge is 0.297 e. The molecule has 2 aromatic rings. The molecule has 0 saturated heterocycles. The molecule has 0 unspecified atom stereocenters. The van der Waals surface area contributed by atoms with E-state index in [2.05, 4.69) is 13.8 Å². The van der Waals surface area contributed by atoms with Gasteiger partial charge in [0.2, 0.25) is 5.75 Å². The Morgan fingerprint density at radius 2 is 1.52 bits per heavy atom. The summed E-state index contributed by atoms with van der Waals surface area (Å²) in [6.07, 6.45) is 8.91. The second-order valence-electron chi connectivity index (χ2n) is 7.04. The Balaban J connectivity index is 2.21. The summed E-state index contributed by atoms with van der Waals surface area (Å²) in [5.74, 6) is 0.894. The summed E-state index contributed by atoms with van der Waals surface area (Å²) in [5, 5.41) is 10.6. The Labute approximate surface area is 161 Å². The molecule has 0 aliphatic rings. The lowest BCUT2D eigenvalue weighted by Gasteiger charge is -2.17. The minimum absolute atomic E-state index is 0.123. The summed E-state index contributed by atoms with van der Waals surface area (Å²) >= 11 is 0. The molecular formula is C22H33NO4. The molecule has 0 radical (unpaired) electrons. The number of aromatic nitrogens is 1. The third-order valence-corrected chi connectivity index (χ3v) is 4.78. The first-order valence-electron chi connectivity index (χ1n) is 10.2. The first-order valence-corrected chi connectivity index (χ1v) is 10.2. The molecule has 0 bridgehead atoms. The highest BCUT2D eigenvalue weighted by molar-refractivity contribution is 5.88. The fraction of sp³-hybridized carbons (Fsp3) is 0.591. The molecule has 0 fully saturated rings. The van der Waals surface area contributed by atoms with Gasteiger partial charge in [-0.1, -0.05) is 52.4 Å². The molecular weight excluding hydrogens is 342 g/mol. The van der Waals surface area contributed by atoms with Crippen molar-refractivity contribution in [3.63, 3.8) is 0 Å². The molecule has 1 aromatic carbocycles. The van der Waals surface area contributed by atoms with Crippen molar-refractivity contribution in [1.29, 1.82) is 0 Å². The van der Waals surface area contributed by atoms with Gasteiger partial charge in [0.05, 0.1) is 18.7 Å². The van der Waals surface area contributed by atoms with Crippen LogP contribution in [0.3, 0.4) is 0 Å². The summed E-state index contributed by atoms with van der Waals surface area (Å²) in [6, 6.07) is 4.97. The molecule has 0 amide bonds. The minimum Gasteiger partial charge on any atom is -0.508 e. The van der Waals surface area contributed by atoms with Gasteiger partial charge in [-0.3, -0.25) is 4.79 Å².